The Morgan fingerprint density at radius 2 is 2.06 bits per heavy atom. The van der Waals surface area contributed by atoms with Gasteiger partial charge in [-0.2, -0.15) is 5.26 Å². The molecule has 0 bridgehead atoms. The maximum Gasteiger partial charge on any atom is 0.221 e. The van der Waals surface area contributed by atoms with Crippen molar-refractivity contribution in [2.24, 2.45) is 0 Å². The van der Waals surface area contributed by atoms with Crippen molar-refractivity contribution in [3.8, 4) is 6.07 Å². The van der Waals surface area contributed by atoms with Crippen LogP contribution in [0.1, 0.15) is 18.6 Å². The third-order valence-electron chi connectivity index (χ3n) is 2.02. The number of nitrogens with one attached hydrogen (secondary N) is 1. The van der Waals surface area contributed by atoms with E-state index in [9.17, 15) is 15.0 Å². The molecule has 0 saturated heterocycles. The number of benzene rings is 1. The SMILES string of the molecule is CC(=O)Nc1ccccc1C(O)C(O)C#N. The molecule has 0 aliphatic heterocycles. The van der Waals surface area contributed by atoms with E-state index in [0.29, 0.717) is 11.3 Å². The maximum atomic E-state index is 10.9. The average molecular weight is 220 g/mol. The highest BCUT2D eigenvalue weighted by Crippen LogP contribution is 2.24. The molecule has 1 aromatic rings. The number of nitrogens with zero attached hydrogens (tertiary/aromatic N) is 1. The summed E-state index contributed by atoms with van der Waals surface area (Å²) in [6.45, 7) is 1.34. The minimum absolute atomic E-state index is 0.286. The fourth-order valence-electron chi connectivity index (χ4n) is 1.30. The molecule has 1 aromatic carbocycles. The number of hydrogen-bond donors (Lipinski definition) is 3. The number of carbonyl (C=O) groups is 1. The smallest absolute Gasteiger partial charge is 0.221 e. The number of aliphatic hydroxyl groups is 2. The van der Waals surface area contributed by atoms with Gasteiger partial charge in [0.05, 0.1) is 6.07 Å². The molecule has 0 aromatic heterocycles. The van der Waals surface area contributed by atoms with Crippen molar-refractivity contribution in [1.29, 1.82) is 5.26 Å². The minimum Gasteiger partial charge on any atom is -0.384 e. The number of hydrogen-bond acceptors (Lipinski definition) is 4. The summed E-state index contributed by atoms with van der Waals surface area (Å²) in [5, 5.41) is 29.9. The quantitative estimate of drug-likeness (QED) is 0.649. The molecule has 5 heteroatoms. The predicted octanol–water partition coefficient (Wildman–Crippen LogP) is 0.563. The molecular weight excluding hydrogens is 208 g/mol. The van der Waals surface area contributed by atoms with Crippen LogP contribution in [-0.4, -0.2) is 22.2 Å². The number of carbonyl (C=O) groups excluding carboxylic acids is 1. The van der Waals surface area contributed by atoms with Crippen LogP contribution in [0.2, 0.25) is 0 Å². The van der Waals surface area contributed by atoms with Crippen LogP contribution in [0.4, 0.5) is 5.69 Å². The van der Waals surface area contributed by atoms with E-state index in [1.54, 1.807) is 18.2 Å². The first-order chi connectivity index (χ1) is 7.56. The summed E-state index contributed by atoms with van der Waals surface area (Å²) < 4.78 is 0. The molecule has 1 amide bonds. The van der Waals surface area contributed by atoms with Gasteiger partial charge in [-0.25, -0.2) is 0 Å². The first kappa shape index (κ1) is 12.2. The second-order valence-corrected chi connectivity index (χ2v) is 3.29. The lowest BCUT2D eigenvalue weighted by molar-refractivity contribution is -0.114. The molecule has 16 heavy (non-hydrogen) atoms. The molecule has 0 saturated carbocycles. The van der Waals surface area contributed by atoms with Crippen molar-refractivity contribution in [3.05, 3.63) is 29.8 Å². The van der Waals surface area contributed by atoms with Crippen molar-refractivity contribution in [3.63, 3.8) is 0 Å². The minimum atomic E-state index is -1.52. The number of amides is 1. The van der Waals surface area contributed by atoms with Gasteiger partial charge >= 0.3 is 0 Å². The number of para-hydroxylation sites is 1. The summed E-state index contributed by atoms with van der Waals surface area (Å²) in [7, 11) is 0. The Hall–Kier alpha value is -1.90. The third kappa shape index (κ3) is 2.79. The highest BCUT2D eigenvalue weighted by Gasteiger charge is 2.20. The largest absolute Gasteiger partial charge is 0.384 e. The van der Waals surface area contributed by atoms with Crippen molar-refractivity contribution < 1.29 is 15.0 Å². The first-order valence-electron chi connectivity index (χ1n) is 4.68. The molecule has 0 aliphatic carbocycles. The summed E-state index contributed by atoms with van der Waals surface area (Å²) in [4.78, 5) is 10.9. The average Bonchev–Trinajstić information content (AvgIpc) is 2.27. The number of nitriles is 1. The number of anilines is 1. The highest BCUT2D eigenvalue weighted by atomic mass is 16.3. The summed E-state index contributed by atoms with van der Waals surface area (Å²) in [5.74, 6) is -0.286. The Morgan fingerprint density at radius 1 is 1.44 bits per heavy atom. The van der Waals surface area contributed by atoms with E-state index in [1.165, 1.54) is 19.1 Å². The molecule has 0 radical (unpaired) electrons. The topological polar surface area (TPSA) is 93.3 Å². The van der Waals surface area contributed by atoms with Crippen LogP contribution in [0.25, 0.3) is 0 Å². The van der Waals surface area contributed by atoms with E-state index in [-0.39, 0.29) is 5.91 Å². The fourth-order valence-corrected chi connectivity index (χ4v) is 1.30. The Bertz CT molecular complexity index is 425. The van der Waals surface area contributed by atoms with Gasteiger partial charge in [-0.15, -0.1) is 0 Å². The van der Waals surface area contributed by atoms with E-state index < -0.39 is 12.2 Å². The molecule has 0 spiro atoms. The van der Waals surface area contributed by atoms with Gasteiger partial charge in [0.2, 0.25) is 5.91 Å². The molecule has 2 atom stereocenters. The van der Waals surface area contributed by atoms with Crippen molar-refractivity contribution in [2.45, 2.75) is 19.1 Å². The second kappa shape index (κ2) is 5.26. The highest BCUT2D eigenvalue weighted by molar-refractivity contribution is 5.89. The van der Waals surface area contributed by atoms with E-state index in [1.807, 2.05) is 0 Å². The van der Waals surface area contributed by atoms with Crippen LogP contribution in [0.15, 0.2) is 24.3 Å². The summed E-state index contributed by atoms with van der Waals surface area (Å²) in [6, 6.07) is 7.99. The van der Waals surface area contributed by atoms with E-state index in [4.69, 9.17) is 5.26 Å². The number of aliphatic hydroxyl groups excluding tert-OH is 2. The van der Waals surface area contributed by atoms with Crippen LogP contribution >= 0.6 is 0 Å². The molecule has 2 unspecified atom stereocenters. The Balaban J connectivity index is 3.03. The zero-order chi connectivity index (χ0) is 12.1. The summed E-state index contributed by atoms with van der Waals surface area (Å²) >= 11 is 0. The zero-order valence-electron chi connectivity index (χ0n) is 8.71. The van der Waals surface area contributed by atoms with Gasteiger partial charge in [0.15, 0.2) is 6.10 Å². The van der Waals surface area contributed by atoms with Crippen LogP contribution in [0.3, 0.4) is 0 Å². The van der Waals surface area contributed by atoms with E-state index >= 15 is 0 Å². The Morgan fingerprint density at radius 3 is 2.62 bits per heavy atom. The third-order valence-corrected chi connectivity index (χ3v) is 2.02. The zero-order valence-corrected chi connectivity index (χ0v) is 8.71. The molecular formula is C11H12N2O3. The van der Waals surface area contributed by atoms with Gasteiger partial charge in [-0.3, -0.25) is 4.79 Å². The normalized spacial score (nSPS) is 13.6. The lowest BCUT2D eigenvalue weighted by Crippen LogP contribution is -2.18. The van der Waals surface area contributed by atoms with E-state index in [2.05, 4.69) is 5.32 Å². The lowest BCUT2D eigenvalue weighted by Gasteiger charge is -2.16. The van der Waals surface area contributed by atoms with Gasteiger partial charge in [0.1, 0.15) is 6.10 Å². The predicted molar refractivity (Wildman–Crippen MR) is 57.3 cm³/mol. The summed E-state index contributed by atoms with van der Waals surface area (Å²) in [5.41, 5.74) is 0.698. The maximum absolute atomic E-state index is 10.9. The molecule has 0 aliphatic rings. The molecule has 0 heterocycles. The fraction of sp³-hybridized carbons (Fsp3) is 0.273. The first-order valence-corrected chi connectivity index (χ1v) is 4.68. The van der Waals surface area contributed by atoms with Crippen LogP contribution in [0, 0.1) is 11.3 Å². The molecule has 0 fully saturated rings. The van der Waals surface area contributed by atoms with E-state index in [0.717, 1.165) is 0 Å². The van der Waals surface area contributed by atoms with Gasteiger partial charge in [0.25, 0.3) is 0 Å². The Labute approximate surface area is 92.9 Å². The van der Waals surface area contributed by atoms with Gasteiger partial charge in [-0.1, -0.05) is 18.2 Å². The molecule has 84 valence electrons. The van der Waals surface area contributed by atoms with Gasteiger partial charge in [0, 0.05) is 18.2 Å². The molecule has 3 N–H and O–H groups in total. The van der Waals surface area contributed by atoms with Gasteiger partial charge < -0.3 is 15.5 Å². The van der Waals surface area contributed by atoms with Crippen molar-refractivity contribution >= 4 is 11.6 Å². The van der Waals surface area contributed by atoms with Gasteiger partial charge in [-0.05, 0) is 6.07 Å². The lowest BCUT2D eigenvalue weighted by atomic mass is 10.0. The summed E-state index contributed by atoms with van der Waals surface area (Å²) in [6.07, 6.45) is -2.86. The molecule has 1 rings (SSSR count). The standard InChI is InChI=1S/C11H12N2O3/c1-7(14)13-9-5-3-2-4-8(9)11(16)10(15)6-12/h2-5,10-11,15-16H,1H3,(H,13,14). The second-order valence-electron chi connectivity index (χ2n) is 3.29. The van der Waals surface area contributed by atoms with Crippen LogP contribution < -0.4 is 5.32 Å². The number of rotatable bonds is 3. The monoisotopic (exact) mass is 220 g/mol. The molecule has 5 nitrogen and oxygen atoms in total. The van der Waals surface area contributed by atoms with Crippen molar-refractivity contribution in [2.75, 3.05) is 5.32 Å². The van der Waals surface area contributed by atoms with Crippen molar-refractivity contribution in [1.82, 2.24) is 0 Å². The van der Waals surface area contributed by atoms with Crippen LogP contribution in [-0.2, 0) is 4.79 Å². The Kier molecular flexibility index (Phi) is 4.00. The van der Waals surface area contributed by atoms with Crippen LogP contribution in [0.5, 0.6) is 0 Å².